The molecule has 18 heavy (non-hydrogen) atoms. The van der Waals surface area contributed by atoms with Crippen molar-refractivity contribution in [3.05, 3.63) is 0 Å². The smallest absolute Gasteiger partial charge is 0.431 e. The molecule has 0 aliphatic heterocycles. The summed E-state index contributed by atoms with van der Waals surface area (Å²) in [6, 6.07) is 0. The molecule has 1 unspecified atom stereocenters. The molecule has 0 heterocycles. The average Bonchev–Trinajstić information content (AvgIpc) is 3.04. The van der Waals surface area contributed by atoms with E-state index in [1.807, 2.05) is 0 Å². The highest BCUT2D eigenvalue weighted by Gasteiger charge is 2.37. The molecule has 6 nitrogen and oxygen atoms in total. The summed E-state index contributed by atoms with van der Waals surface area (Å²) in [5, 5.41) is 0. The first kappa shape index (κ1) is 14.8. The molecule has 1 atom stereocenters. The van der Waals surface area contributed by atoms with Crippen molar-refractivity contribution in [1.29, 1.82) is 0 Å². The molecule has 1 rings (SSSR count). The summed E-state index contributed by atoms with van der Waals surface area (Å²) in [5.41, 5.74) is 1.58. The van der Waals surface area contributed by atoms with Crippen molar-refractivity contribution in [2.24, 2.45) is 11.8 Å². The van der Waals surface area contributed by atoms with Crippen molar-refractivity contribution >= 4 is 12.1 Å². The maximum absolute atomic E-state index is 11.5. The lowest BCUT2D eigenvalue weighted by atomic mass is 10.1. The van der Waals surface area contributed by atoms with Crippen LogP contribution in [0.2, 0.25) is 0 Å². The Morgan fingerprint density at radius 1 is 1.33 bits per heavy atom. The average molecular weight is 259 g/mol. The monoisotopic (exact) mass is 259 g/mol. The fourth-order valence-corrected chi connectivity index (χ4v) is 1.54. The normalized spacial score (nSPS) is 16.9. The van der Waals surface area contributed by atoms with Crippen LogP contribution in [0, 0.1) is 11.8 Å². The number of carbonyl (C=O) groups is 2. The molecule has 6 heteroatoms. The van der Waals surface area contributed by atoms with E-state index in [9.17, 15) is 9.59 Å². The first-order valence-corrected chi connectivity index (χ1v) is 6.02. The Morgan fingerprint density at radius 2 is 1.94 bits per heavy atom. The summed E-state index contributed by atoms with van der Waals surface area (Å²) in [6.45, 7) is 5.38. The second-order valence-corrected chi connectivity index (χ2v) is 5.38. The first-order chi connectivity index (χ1) is 8.33. The van der Waals surface area contributed by atoms with Crippen LogP contribution >= 0.6 is 0 Å². The number of esters is 1. The van der Waals surface area contributed by atoms with Crippen LogP contribution in [0.15, 0.2) is 0 Å². The fourth-order valence-electron chi connectivity index (χ4n) is 1.54. The number of rotatable bonds is 5. The van der Waals surface area contributed by atoms with Crippen LogP contribution in [0.4, 0.5) is 4.79 Å². The second-order valence-electron chi connectivity index (χ2n) is 5.38. The van der Waals surface area contributed by atoms with Crippen LogP contribution in [0.5, 0.6) is 0 Å². The predicted octanol–water partition coefficient (Wildman–Crippen LogP) is 1.64. The number of hydrogen-bond acceptors (Lipinski definition) is 5. The highest BCUT2D eigenvalue weighted by Crippen LogP contribution is 2.37. The summed E-state index contributed by atoms with van der Waals surface area (Å²) < 4.78 is 9.68. The Bertz CT molecular complexity index is 306. The number of methoxy groups -OCH3 is 1. The van der Waals surface area contributed by atoms with Crippen LogP contribution < -0.4 is 5.48 Å². The molecular formula is C12H21NO5. The van der Waals surface area contributed by atoms with Gasteiger partial charge < -0.3 is 9.47 Å². The summed E-state index contributed by atoms with van der Waals surface area (Å²) in [6.07, 6.45) is 1.33. The van der Waals surface area contributed by atoms with Gasteiger partial charge in [0.25, 0.3) is 0 Å². The zero-order chi connectivity index (χ0) is 13.8. The molecule has 0 radical (unpaired) electrons. The molecule has 0 saturated heterocycles. The zero-order valence-electron chi connectivity index (χ0n) is 11.3. The molecule has 1 fully saturated rings. The highest BCUT2D eigenvalue weighted by atomic mass is 16.7. The van der Waals surface area contributed by atoms with Gasteiger partial charge in [0.2, 0.25) is 0 Å². The topological polar surface area (TPSA) is 73.9 Å². The van der Waals surface area contributed by atoms with Gasteiger partial charge in [-0.15, -0.1) is 0 Å². The van der Waals surface area contributed by atoms with Gasteiger partial charge >= 0.3 is 12.1 Å². The number of hydrogen-bond donors (Lipinski definition) is 1. The lowest BCUT2D eigenvalue weighted by molar-refractivity contribution is -0.149. The lowest BCUT2D eigenvalue weighted by Gasteiger charge is -2.20. The Hall–Kier alpha value is -1.30. The largest absolute Gasteiger partial charge is 0.469 e. The molecule has 0 aromatic heterocycles. The Balaban J connectivity index is 2.27. The van der Waals surface area contributed by atoms with Crippen molar-refractivity contribution < 1.29 is 23.9 Å². The van der Waals surface area contributed by atoms with Crippen molar-refractivity contribution in [1.82, 2.24) is 5.48 Å². The second kappa shape index (κ2) is 6.04. The van der Waals surface area contributed by atoms with Gasteiger partial charge in [0.05, 0.1) is 19.6 Å². The molecule has 1 amide bonds. The van der Waals surface area contributed by atoms with E-state index < -0.39 is 11.7 Å². The standard InChI is InChI=1S/C12H21NO5/c1-12(2,3)18-11(15)13-17-7-9(8-5-6-8)10(14)16-4/h8-9H,5-7H2,1-4H3,(H,13,15). The molecule has 1 saturated carbocycles. The van der Waals surface area contributed by atoms with E-state index in [2.05, 4.69) is 10.2 Å². The van der Waals surface area contributed by atoms with E-state index in [0.29, 0.717) is 5.92 Å². The third-order valence-electron chi connectivity index (χ3n) is 2.51. The maximum atomic E-state index is 11.5. The van der Waals surface area contributed by atoms with E-state index in [1.54, 1.807) is 20.8 Å². The molecule has 0 spiro atoms. The number of nitrogens with one attached hydrogen (secondary N) is 1. The molecular weight excluding hydrogens is 238 g/mol. The molecule has 1 N–H and O–H groups in total. The van der Waals surface area contributed by atoms with Gasteiger partial charge in [0.15, 0.2) is 0 Å². The zero-order valence-corrected chi connectivity index (χ0v) is 11.3. The number of amides is 1. The summed E-state index contributed by atoms with van der Waals surface area (Å²) in [7, 11) is 1.35. The van der Waals surface area contributed by atoms with Crippen molar-refractivity contribution in [3.63, 3.8) is 0 Å². The molecule has 104 valence electrons. The molecule has 0 aromatic rings. The number of ether oxygens (including phenoxy) is 2. The van der Waals surface area contributed by atoms with Crippen molar-refractivity contribution in [2.45, 2.75) is 39.2 Å². The van der Waals surface area contributed by atoms with E-state index in [0.717, 1.165) is 12.8 Å². The summed E-state index contributed by atoms with van der Waals surface area (Å²) in [4.78, 5) is 27.7. The maximum Gasteiger partial charge on any atom is 0.431 e. The van der Waals surface area contributed by atoms with Gasteiger partial charge in [0.1, 0.15) is 5.60 Å². The fraction of sp³-hybridized carbons (Fsp3) is 0.833. The van der Waals surface area contributed by atoms with Crippen molar-refractivity contribution in [2.75, 3.05) is 13.7 Å². The highest BCUT2D eigenvalue weighted by molar-refractivity contribution is 5.73. The quantitative estimate of drug-likeness (QED) is 0.600. The van der Waals surface area contributed by atoms with Gasteiger partial charge in [-0.25, -0.2) is 4.79 Å². The minimum atomic E-state index is -0.665. The van der Waals surface area contributed by atoms with Crippen LogP contribution in [0.1, 0.15) is 33.6 Å². The first-order valence-electron chi connectivity index (χ1n) is 6.02. The predicted molar refractivity (Wildman–Crippen MR) is 63.6 cm³/mol. The van der Waals surface area contributed by atoms with Gasteiger partial charge in [-0.2, -0.15) is 5.48 Å². The van der Waals surface area contributed by atoms with E-state index in [4.69, 9.17) is 9.57 Å². The third kappa shape index (κ3) is 5.35. The molecule has 0 bridgehead atoms. The SMILES string of the molecule is COC(=O)C(CONC(=O)OC(C)(C)C)C1CC1. The van der Waals surface area contributed by atoms with E-state index >= 15 is 0 Å². The number of hydroxylamine groups is 1. The Labute approximate surface area is 107 Å². The molecule has 1 aliphatic rings. The minimum Gasteiger partial charge on any atom is -0.469 e. The van der Waals surface area contributed by atoms with Crippen LogP contribution in [-0.4, -0.2) is 31.4 Å². The van der Waals surface area contributed by atoms with Crippen LogP contribution in [0.25, 0.3) is 0 Å². The van der Waals surface area contributed by atoms with E-state index in [-0.39, 0.29) is 18.5 Å². The van der Waals surface area contributed by atoms with Gasteiger partial charge in [-0.05, 0) is 39.5 Å². The molecule has 1 aliphatic carbocycles. The third-order valence-corrected chi connectivity index (χ3v) is 2.51. The van der Waals surface area contributed by atoms with E-state index in [1.165, 1.54) is 7.11 Å². The van der Waals surface area contributed by atoms with Gasteiger partial charge in [0, 0.05) is 0 Å². The summed E-state index contributed by atoms with van der Waals surface area (Å²) in [5.74, 6) is -0.314. The molecule has 0 aromatic carbocycles. The minimum absolute atomic E-state index is 0.108. The summed E-state index contributed by atoms with van der Waals surface area (Å²) >= 11 is 0. The van der Waals surface area contributed by atoms with Gasteiger partial charge in [-0.3, -0.25) is 9.63 Å². The number of carbonyl (C=O) groups excluding carboxylic acids is 2. The Morgan fingerprint density at radius 3 is 2.39 bits per heavy atom. The lowest BCUT2D eigenvalue weighted by Crippen LogP contribution is -2.35. The Kier molecular flexibility index (Phi) is 4.95. The van der Waals surface area contributed by atoms with Crippen LogP contribution in [-0.2, 0) is 19.1 Å². The van der Waals surface area contributed by atoms with Crippen molar-refractivity contribution in [3.8, 4) is 0 Å². The van der Waals surface area contributed by atoms with Crippen LogP contribution in [0.3, 0.4) is 0 Å². The van der Waals surface area contributed by atoms with Gasteiger partial charge in [-0.1, -0.05) is 0 Å².